The third kappa shape index (κ3) is 3.16. The van der Waals surface area contributed by atoms with Crippen LogP contribution >= 0.6 is 22.9 Å². The summed E-state index contributed by atoms with van der Waals surface area (Å²) < 4.78 is 13.3. The third-order valence-corrected chi connectivity index (χ3v) is 5.15. The lowest BCUT2D eigenvalue weighted by Gasteiger charge is -2.17. The Labute approximate surface area is 122 Å². The topological polar surface area (TPSA) is 12.0 Å². The van der Waals surface area contributed by atoms with Crippen LogP contribution in [0, 0.1) is 19.7 Å². The molecule has 2 rings (SSSR count). The first-order valence-electron chi connectivity index (χ1n) is 6.18. The van der Waals surface area contributed by atoms with Crippen LogP contribution in [0.1, 0.15) is 27.6 Å². The number of thiophene rings is 1. The maximum absolute atomic E-state index is 13.3. The van der Waals surface area contributed by atoms with Gasteiger partial charge in [-0.3, -0.25) is 0 Å². The molecule has 1 unspecified atom stereocenters. The summed E-state index contributed by atoms with van der Waals surface area (Å²) in [6, 6.07) is 5.04. The van der Waals surface area contributed by atoms with Gasteiger partial charge in [0.2, 0.25) is 0 Å². The SMILES string of the molecule is CNC(Cc1cc(F)ccc1C)c1scc(C)c1Cl. The van der Waals surface area contributed by atoms with Gasteiger partial charge in [0.1, 0.15) is 5.82 Å². The Morgan fingerprint density at radius 1 is 1.32 bits per heavy atom. The van der Waals surface area contributed by atoms with Gasteiger partial charge in [-0.05, 0) is 61.5 Å². The highest BCUT2D eigenvalue weighted by atomic mass is 35.5. The lowest BCUT2D eigenvalue weighted by atomic mass is 10.00. The van der Waals surface area contributed by atoms with E-state index < -0.39 is 0 Å². The van der Waals surface area contributed by atoms with Crippen LogP contribution in [0.5, 0.6) is 0 Å². The monoisotopic (exact) mass is 297 g/mol. The number of rotatable bonds is 4. The molecule has 0 saturated heterocycles. The summed E-state index contributed by atoms with van der Waals surface area (Å²) in [6.07, 6.45) is 0.736. The van der Waals surface area contributed by atoms with Crippen LogP contribution in [0.2, 0.25) is 5.02 Å². The minimum absolute atomic E-state index is 0.117. The fraction of sp³-hybridized carbons (Fsp3) is 0.333. The first-order chi connectivity index (χ1) is 9.02. The minimum Gasteiger partial charge on any atom is -0.312 e. The first-order valence-corrected chi connectivity index (χ1v) is 7.44. The molecule has 1 N–H and O–H groups in total. The van der Waals surface area contributed by atoms with E-state index in [0.29, 0.717) is 0 Å². The standard InChI is InChI=1S/C15H17ClFNS/c1-9-4-5-12(17)6-11(9)7-13(18-3)15-14(16)10(2)8-19-15/h4-6,8,13,18H,7H2,1-3H3. The predicted octanol–water partition coefficient (Wildman–Crippen LogP) is 4.66. The molecule has 1 atom stereocenters. The van der Waals surface area contributed by atoms with Gasteiger partial charge < -0.3 is 5.32 Å². The lowest BCUT2D eigenvalue weighted by molar-refractivity contribution is 0.590. The molecule has 1 aromatic heterocycles. The van der Waals surface area contributed by atoms with Crippen LogP contribution in [0.15, 0.2) is 23.6 Å². The van der Waals surface area contributed by atoms with Crippen molar-refractivity contribution in [1.29, 1.82) is 0 Å². The molecule has 2 aromatic rings. The molecule has 1 heterocycles. The van der Waals surface area contributed by atoms with Crippen LogP contribution in [-0.4, -0.2) is 7.05 Å². The molecule has 0 aliphatic carbocycles. The number of hydrogen-bond acceptors (Lipinski definition) is 2. The molecule has 1 nitrogen and oxygen atoms in total. The van der Waals surface area contributed by atoms with E-state index in [2.05, 4.69) is 10.7 Å². The van der Waals surface area contributed by atoms with Gasteiger partial charge in [-0.2, -0.15) is 0 Å². The second kappa shape index (κ2) is 6.04. The van der Waals surface area contributed by atoms with Crippen molar-refractivity contribution in [2.24, 2.45) is 0 Å². The van der Waals surface area contributed by atoms with Crippen molar-refractivity contribution in [2.75, 3.05) is 7.05 Å². The molecule has 0 radical (unpaired) electrons. The van der Waals surface area contributed by atoms with E-state index in [9.17, 15) is 4.39 Å². The number of halogens is 2. The highest BCUT2D eigenvalue weighted by Gasteiger charge is 2.18. The van der Waals surface area contributed by atoms with Gasteiger partial charge in [-0.15, -0.1) is 11.3 Å². The highest BCUT2D eigenvalue weighted by molar-refractivity contribution is 7.10. The normalized spacial score (nSPS) is 12.7. The maximum Gasteiger partial charge on any atom is 0.123 e. The number of nitrogens with one attached hydrogen (secondary N) is 1. The summed E-state index contributed by atoms with van der Waals surface area (Å²) in [7, 11) is 1.91. The van der Waals surface area contributed by atoms with Crippen molar-refractivity contribution in [2.45, 2.75) is 26.3 Å². The fourth-order valence-electron chi connectivity index (χ4n) is 2.09. The summed E-state index contributed by atoms with van der Waals surface area (Å²) in [4.78, 5) is 1.12. The second-order valence-corrected chi connectivity index (χ2v) is 6.00. The molecule has 0 aliphatic rings. The summed E-state index contributed by atoms with van der Waals surface area (Å²) in [5.41, 5.74) is 3.21. The zero-order valence-electron chi connectivity index (χ0n) is 11.3. The van der Waals surface area contributed by atoms with Crippen LogP contribution in [0.3, 0.4) is 0 Å². The quantitative estimate of drug-likeness (QED) is 0.865. The van der Waals surface area contributed by atoms with Crippen molar-refractivity contribution >= 4 is 22.9 Å². The zero-order chi connectivity index (χ0) is 14.0. The molecule has 0 bridgehead atoms. The molecular formula is C15H17ClFNS. The third-order valence-electron chi connectivity index (χ3n) is 3.33. The number of aryl methyl sites for hydroxylation is 2. The Balaban J connectivity index is 2.29. The van der Waals surface area contributed by atoms with Gasteiger partial charge in [-0.25, -0.2) is 4.39 Å². The molecule has 0 saturated carbocycles. The number of benzene rings is 1. The summed E-state index contributed by atoms with van der Waals surface area (Å²) in [5.74, 6) is -0.191. The van der Waals surface area contributed by atoms with Crippen LogP contribution in [0.25, 0.3) is 0 Å². The van der Waals surface area contributed by atoms with Crippen LogP contribution in [-0.2, 0) is 6.42 Å². The van der Waals surface area contributed by atoms with E-state index in [1.165, 1.54) is 6.07 Å². The summed E-state index contributed by atoms with van der Waals surface area (Å²) in [6.45, 7) is 4.01. The van der Waals surface area contributed by atoms with E-state index >= 15 is 0 Å². The van der Waals surface area contributed by atoms with Crippen molar-refractivity contribution < 1.29 is 4.39 Å². The van der Waals surface area contributed by atoms with Crippen LogP contribution in [0.4, 0.5) is 4.39 Å². The molecular weight excluding hydrogens is 281 g/mol. The Morgan fingerprint density at radius 2 is 2.05 bits per heavy atom. The Kier molecular flexibility index (Phi) is 4.61. The van der Waals surface area contributed by atoms with Gasteiger partial charge in [0.25, 0.3) is 0 Å². The largest absolute Gasteiger partial charge is 0.312 e. The molecule has 19 heavy (non-hydrogen) atoms. The zero-order valence-corrected chi connectivity index (χ0v) is 12.8. The molecule has 0 aliphatic heterocycles. The van der Waals surface area contributed by atoms with E-state index in [1.54, 1.807) is 17.4 Å². The van der Waals surface area contributed by atoms with Crippen molar-refractivity contribution in [3.05, 3.63) is 56.0 Å². The molecule has 0 amide bonds. The van der Waals surface area contributed by atoms with Gasteiger partial charge in [0, 0.05) is 10.9 Å². The Bertz CT molecular complexity index is 580. The smallest absolute Gasteiger partial charge is 0.123 e. The maximum atomic E-state index is 13.3. The average molecular weight is 298 g/mol. The van der Waals surface area contributed by atoms with E-state index in [-0.39, 0.29) is 11.9 Å². The van der Waals surface area contributed by atoms with Gasteiger partial charge in [-0.1, -0.05) is 17.7 Å². The van der Waals surface area contributed by atoms with E-state index in [0.717, 1.165) is 33.0 Å². The Morgan fingerprint density at radius 3 is 2.63 bits per heavy atom. The molecule has 0 fully saturated rings. The van der Waals surface area contributed by atoms with E-state index in [1.807, 2.05) is 27.0 Å². The highest BCUT2D eigenvalue weighted by Crippen LogP contribution is 2.34. The minimum atomic E-state index is -0.191. The van der Waals surface area contributed by atoms with Gasteiger partial charge >= 0.3 is 0 Å². The molecule has 0 spiro atoms. The summed E-state index contributed by atoms with van der Waals surface area (Å²) in [5, 5.41) is 6.15. The van der Waals surface area contributed by atoms with Crippen molar-refractivity contribution in [3.8, 4) is 0 Å². The molecule has 1 aromatic carbocycles. The average Bonchev–Trinajstić information content (AvgIpc) is 2.71. The fourth-order valence-corrected chi connectivity index (χ4v) is 3.53. The summed E-state index contributed by atoms with van der Waals surface area (Å²) >= 11 is 7.97. The Hall–Kier alpha value is -0.900. The molecule has 102 valence electrons. The molecule has 4 heteroatoms. The number of hydrogen-bond donors (Lipinski definition) is 1. The lowest BCUT2D eigenvalue weighted by Crippen LogP contribution is -2.18. The predicted molar refractivity (Wildman–Crippen MR) is 80.7 cm³/mol. The van der Waals surface area contributed by atoms with E-state index in [4.69, 9.17) is 11.6 Å². The van der Waals surface area contributed by atoms with Gasteiger partial charge in [0.15, 0.2) is 0 Å². The van der Waals surface area contributed by atoms with Gasteiger partial charge in [0.05, 0.1) is 5.02 Å². The van der Waals surface area contributed by atoms with Crippen molar-refractivity contribution in [1.82, 2.24) is 5.32 Å². The van der Waals surface area contributed by atoms with Crippen LogP contribution < -0.4 is 5.32 Å². The second-order valence-electron chi connectivity index (χ2n) is 4.71. The first kappa shape index (κ1) is 14.5. The van der Waals surface area contributed by atoms with Crippen molar-refractivity contribution in [3.63, 3.8) is 0 Å². The number of likely N-dealkylation sites (N-methyl/N-ethyl adjacent to an activating group) is 1.